The Morgan fingerprint density at radius 1 is 1.12 bits per heavy atom. The average molecular weight is 576 g/mol. The molecule has 0 spiro atoms. The predicted octanol–water partition coefficient (Wildman–Crippen LogP) is 4.74. The third-order valence-electron chi connectivity index (χ3n) is 7.07. The summed E-state index contributed by atoms with van der Waals surface area (Å²) in [6.45, 7) is 9.82. The molecule has 0 aliphatic carbocycles. The van der Waals surface area contributed by atoms with Crippen molar-refractivity contribution >= 4 is 21.8 Å². The van der Waals surface area contributed by atoms with Crippen LogP contribution < -0.4 is 5.32 Å². The molecule has 220 valence electrons. The van der Waals surface area contributed by atoms with E-state index in [1.807, 2.05) is 38.7 Å². The van der Waals surface area contributed by atoms with Gasteiger partial charge in [0.15, 0.2) is 9.84 Å². The number of nitrogens with zero attached hydrogens (tertiary/aromatic N) is 2. The maximum Gasteiger partial charge on any atom is 0.407 e. The second kappa shape index (κ2) is 13.6. The fraction of sp³-hybridized carbons (Fsp3) is 0.533. The molecule has 1 aliphatic rings. The number of hydrogen-bond acceptors (Lipinski definition) is 6. The molecule has 0 unspecified atom stereocenters. The third kappa shape index (κ3) is 9.30. The van der Waals surface area contributed by atoms with Crippen molar-refractivity contribution in [3.05, 3.63) is 65.5 Å². The van der Waals surface area contributed by atoms with Gasteiger partial charge in [-0.25, -0.2) is 17.6 Å². The van der Waals surface area contributed by atoms with Gasteiger partial charge in [0.25, 0.3) is 0 Å². The Morgan fingerprint density at radius 2 is 1.77 bits per heavy atom. The molecule has 1 fully saturated rings. The number of likely N-dealkylation sites (N-methyl/N-ethyl adjacent to an activating group) is 1. The van der Waals surface area contributed by atoms with Gasteiger partial charge in [-0.1, -0.05) is 24.3 Å². The van der Waals surface area contributed by atoms with E-state index in [9.17, 15) is 22.4 Å². The highest BCUT2D eigenvalue weighted by molar-refractivity contribution is 7.90. The van der Waals surface area contributed by atoms with Crippen LogP contribution in [0.15, 0.2) is 53.4 Å². The van der Waals surface area contributed by atoms with Crippen molar-refractivity contribution in [3.63, 3.8) is 0 Å². The van der Waals surface area contributed by atoms with E-state index in [4.69, 9.17) is 4.74 Å². The number of sulfone groups is 1. The SMILES string of the molecule is CCN(C(=O)Cc1ccc(S(C)(=O)=O)cc1)C1CCN([C@@H](CCNC(=O)OC(C)(C)C)c2cccc(F)c2)CC1. The first-order valence-electron chi connectivity index (χ1n) is 13.8. The number of ether oxygens (including phenoxy) is 1. The van der Waals surface area contributed by atoms with E-state index in [0.29, 0.717) is 19.5 Å². The Kier molecular flexibility index (Phi) is 10.7. The van der Waals surface area contributed by atoms with Gasteiger partial charge in [0.2, 0.25) is 5.91 Å². The lowest BCUT2D eigenvalue weighted by atomic mass is 9.96. The van der Waals surface area contributed by atoms with Crippen LogP contribution in [0.2, 0.25) is 0 Å². The molecular formula is C30H42FN3O5S. The van der Waals surface area contributed by atoms with Crippen LogP contribution in [-0.2, 0) is 25.8 Å². The zero-order valence-electron chi connectivity index (χ0n) is 24.2. The van der Waals surface area contributed by atoms with Crippen LogP contribution in [0.3, 0.4) is 0 Å². The molecule has 0 bridgehead atoms. The Morgan fingerprint density at radius 3 is 2.33 bits per heavy atom. The van der Waals surface area contributed by atoms with E-state index in [-0.39, 0.29) is 35.1 Å². The lowest BCUT2D eigenvalue weighted by Crippen LogP contribution is -2.48. The molecule has 40 heavy (non-hydrogen) atoms. The number of piperidine rings is 1. The Balaban J connectivity index is 1.62. The summed E-state index contributed by atoms with van der Waals surface area (Å²) in [5, 5.41) is 2.81. The zero-order valence-corrected chi connectivity index (χ0v) is 25.0. The first-order chi connectivity index (χ1) is 18.8. The van der Waals surface area contributed by atoms with E-state index >= 15 is 0 Å². The van der Waals surface area contributed by atoms with Crippen LogP contribution in [0, 0.1) is 5.82 Å². The average Bonchev–Trinajstić information content (AvgIpc) is 2.86. The lowest BCUT2D eigenvalue weighted by molar-refractivity contribution is -0.133. The monoisotopic (exact) mass is 575 g/mol. The van der Waals surface area contributed by atoms with Crippen molar-refractivity contribution in [2.45, 2.75) is 76.0 Å². The number of likely N-dealkylation sites (tertiary alicyclic amines) is 1. The van der Waals surface area contributed by atoms with Crippen molar-refractivity contribution < 1.29 is 27.1 Å². The summed E-state index contributed by atoms with van der Waals surface area (Å²) in [6.07, 6.45) is 3.03. The first-order valence-corrected chi connectivity index (χ1v) is 15.7. The minimum atomic E-state index is -3.29. The molecule has 1 atom stereocenters. The first kappa shape index (κ1) is 31.5. The minimum Gasteiger partial charge on any atom is -0.444 e. The second-order valence-corrected chi connectivity index (χ2v) is 13.3. The molecule has 1 aliphatic heterocycles. The molecule has 2 amide bonds. The maximum atomic E-state index is 14.1. The van der Waals surface area contributed by atoms with Crippen LogP contribution in [0.25, 0.3) is 0 Å². The number of alkyl carbamates (subject to hydrolysis) is 1. The highest BCUT2D eigenvalue weighted by Gasteiger charge is 2.31. The number of halogens is 1. The number of carbonyl (C=O) groups excluding carboxylic acids is 2. The zero-order chi connectivity index (χ0) is 29.5. The highest BCUT2D eigenvalue weighted by atomic mass is 32.2. The van der Waals surface area contributed by atoms with Gasteiger partial charge in [0, 0.05) is 44.5 Å². The standard InChI is InChI=1S/C30H42FN3O5S/c1-6-34(28(35)20-22-10-12-26(13-11-22)40(5,37)38)25-15-18-33(19-16-25)27(23-8-7-9-24(31)21-23)14-17-32-29(36)39-30(2,3)4/h7-13,21,25,27H,6,14-20H2,1-5H3,(H,32,36)/t27-/m0/s1. The van der Waals surface area contributed by atoms with Crippen LogP contribution in [0.1, 0.15) is 64.1 Å². The van der Waals surface area contributed by atoms with Crippen LogP contribution in [0.4, 0.5) is 9.18 Å². The van der Waals surface area contributed by atoms with Gasteiger partial charge < -0.3 is 15.0 Å². The van der Waals surface area contributed by atoms with Crippen molar-refractivity contribution in [1.29, 1.82) is 0 Å². The molecular weight excluding hydrogens is 533 g/mol. The number of carbonyl (C=O) groups is 2. The summed E-state index contributed by atoms with van der Waals surface area (Å²) in [5.74, 6) is -0.291. The molecule has 1 N–H and O–H groups in total. The normalized spacial score (nSPS) is 15.8. The largest absolute Gasteiger partial charge is 0.444 e. The summed E-state index contributed by atoms with van der Waals surface area (Å²) in [4.78, 5) is 29.8. The number of hydrogen-bond donors (Lipinski definition) is 1. The highest BCUT2D eigenvalue weighted by Crippen LogP contribution is 2.29. The van der Waals surface area contributed by atoms with Crippen molar-refractivity contribution in [1.82, 2.24) is 15.1 Å². The smallest absolute Gasteiger partial charge is 0.407 e. The molecule has 2 aromatic carbocycles. The fourth-order valence-electron chi connectivity index (χ4n) is 5.18. The molecule has 10 heteroatoms. The number of benzene rings is 2. The van der Waals surface area contributed by atoms with Gasteiger partial charge in [-0.2, -0.15) is 0 Å². The summed E-state index contributed by atoms with van der Waals surface area (Å²) < 4.78 is 42.9. The Labute approximate surface area is 237 Å². The Bertz CT molecular complexity index is 1250. The molecule has 3 rings (SSSR count). The minimum absolute atomic E-state index is 0.0105. The van der Waals surface area contributed by atoms with Crippen LogP contribution >= 0.6 is 0 Å². The van der Waals surface area contributed by atoms with Gasteiger partial charge in [0.05, 0.1) is 11.3 Å². The molecule has 0 saturated carbocycles. The van der Waals surface area contributed by atoms with Gasteiger partial charge in [-0.3, -0.25) is 9.69 Å². The number of amides is 2. The summed E-state index contributed by atoms with van der Waals surface area (Å²) >= 11 is 0. The lowest BCUT2D eigenvalue weighted by Gasteiger charge is -2.41. The van der Waals surface area contributed by atoms with Crippen molar-refractivity contribution in [2.24, 2.45) is 0 Å². The predicted molar refractivity (Wildman–Crippen MR) is 153 cm³/mol. The van der Waals surface area contributed by atoms with E-state index < -0.39 is 21.5 Å². The topological polar surface area (TPSA) is 96.0 Å². The Hall–Kier alpha value is -2.98. The van der Waals surface area contributed by atoms with E-state index in [1.54, 1.807) is 24.3 Å². The fourth-order valence-corrected chi connectivity index (χ4v) is 5.81. The van der Waals surface area contributed by atoms with Gasteiger partial charge in [-0.05, 0) is 82.3 Å². The van der Waals surface area contributed by atoms with E-state index in [0.717, 1.165) is 43.3 Å². The number of nitrogens with one attached hydrogen (secondary N) is 1. The summed E-state index contributed by atoms with van der Waals surface area (Å²) in [5.41, 5.74) is 1.04. The summed E-state index contributed by atoms with van der Waals surface area (Å²) in [7, 11) is -3.29. The molecule has 8 nitrogen and oxygen atoms in total. The molecule has 1 heterocycles. The van der Waals surface area contributed by atoms with Gasteiger partial charge in [0.1, 0.15) is 11.4 Å². The third-order valence-corrected chi connectivity index (χ3v) is 8.20. The van der Waals surface area contributed by atoms with Crippen LogP contribution in [0.5, 0.6) is 0 Å². The van der Waals surface area contributed by atoms with Gasteiger partial charge in [-0.15, -0.1) is 0 Å². The summed E-state index contributed by atoms with van der Waals surface area (Å²) in [6, 6.07) is 13.0. The molecule has 0 aromatic heterocycles. The van der Waals surface area contributed by atoms with Gasteiger partial charge >= 0.3 is 6.09 Å². The molecule has 1 saturated heterocycles. The van der Waals surface area contributed by atoms with Crippen LogP contribution in [-0.4, -0.2) is 74.3 Å². The van der Waals surface area contributed by atoms with Crippen molar-refractivity contribution in [2.75, 3.05) is 32.4 Å². The van der Waals surface area contributed by atoms with Crippen molar-refractivity contribution in [3.8, 4) is 0 Å². The van der Waals surface area contributed by atoms with E-state index in [2.05, 4.69) is 10.2 Å². The van der Waals surface area contributed by atoms with E-state index in [1.165, 1.54) is 18.2 Å². The maximum absolute atomic E-state index is 14.1. The molecule has 2 aromatic rings. The second-order valence-electron chi connectivity index (χ2n) is 11.3. The quantitative estimate of drug-likeness (QED) is 0.440. The number of rotatable bonds is 10. The molecule has 0 radical (unpaired) electrons.